The molecule has 94 valence electrons. The standard InChI is InChI=1S/C14H22N2O/c15-13-6-7-14(8-9-17)16(11-13)10-12-4-2-1-3-5-12/h1-5,13-14,17H,6-11,15H2. The lowest BCUT2D eigenvalue weighted by atomic mass is 9.96. The third-order valence-corrected chi connectivity index (χ3v) is 3.55. The molecule has 2 rings (SSSR count). The van der Waals surface area contributed by atoms with Gasteiger partial charge in [0.15, 0.2) is 0 Å². The zero-order valence-corrected chi connectivity index (χ0v) is 10.3. The number of hydrogen-bond donors (Lipinski definition) is 2. The van der Waals surface area contributed by atoms with Crippen molar-refractivity contribution in [2.75, 3.05) is 13.2 Å². The third kappa shape index (κ3) is 3.53. The predicted octanol–water partition coefficient (Wildman–Crippen LogP) is 1.36. The van der Waals surface area contributed by atoms with E-state index in [9.17, 15) is 0 Å². The van der Waals surface area contributed by atoms with Gasteiger partial charge in [-0.25, -0.2) is 0 Å². The van der Waals surface area contributed by atoms with E-state index in [4.69, 9.17) is 10.8 Å². The summed E-state index contributed by atoms with van der Waals surface area (Å²) in [6, 6.07) is 11.2. The summed E-state index contributed by atoms with van der Waals surface area (Å²) < 4.78 is 0. The lowest BCUT2D eigenvalue weighted by molar-refractivity contribution is 0.101. The number of piperidine rings is 1. The molecule has 1 fully saturated rings. The van der Waals surface area contributed by atoms with Gasteiger partial charge >= 0.3 is 0 Å². The van der Waals surface area contributed by atoms with Crippen LogP contribution >= 0.6 is 0 Å². The van der Waals surface area contributed by atoms with Gasteiger partial charge in [-0.05, 0) is 24.8 Å². The summed E-state index contributed by atoms with van der Waals surface area (Å²) in [6.45, 7) is 2.16. The van der Waals surface area contributed by atoms with Crippen LogP contribution in [-0.2, 0) is 6.54 Å². The van der Waals surface area contributed by atoms with Crippen molar-refractivity contribution in [3.05, 3.63) is 35.9 Å². The molecule has 0 aliphatic carbocycles. The van der Waals surface area contributed by atoms with Crippen LogP contribution in [0.2, 0.25) is 0 Å². The topological polar surface area (TPSA) is 49.5 Å². The maximum absolute atomic E-state index is 9.11. The van der Waals surface area contributed by atoms with Gasteiger partial charge in [0.25, 0.3) is 0 Å². The second-order valence-corrected chi connectivity index (χ2v) is 4.92. The van der Waals surface area contributed by atoms with Crippen molar-refractivity contribution in [2.45, 2.75) is 37.9 Å². The summed E-state index contributed by atoms with van der Waals surface area (Å²) in [5.41, 5.74) is 7.36. The smallest absolute Gasteiger partial charge is 0.0445 e. The first-order chi connectivity index (χ1) is 8.29. The lowest BCUT2D eigenvalue weighted by Gasteiger charge is -2.38. The van der Waals surface area contributed by atoms with E-state index >= 15 is 0 Å². The molecular weight excluding hydrogens is 212 g/mol. The highest BCUT2D eigenvalue weighted by atomic mass is 16.3. The normalized spacial score (nSPS) is 26.0. The van der Waals surface area contributed by atoms with Gasteiger partial charge in [-0.3, -0.25) is 4.90 Å². The monoisotopic (exact) mass is 234 g/mol. The number of nitrogens with two attached hydrogens (primary N) is 1. The van der Waals surface area contributed by atoms with Crippen LogP contribution in [0.4, 0.5) is 0 Å². The van der Waals surface area contributed by atoms with E-state index in [-0.39, 0.29) is 12.6 Å². The maximum atomic E-state index is 9.11. The highest BCUT2D eigenvalue weighted by molar-refractivity contribution is 5.14. The van der Waals surface area contributed by atoms with Crippen molar-refractivity contribution in [1.82, 2.24) is 4.90 Å². The number of hydrogen-bond acceptors (Lipinski definition) is 3. The first-order valence-corrected chi connectivity index (χ1v) is 6.44. The fraction of sp³-hybridized carbons (Fsp3) is 0.571. The Morgan fingerprint density at radius 1 is 1.24 bits per heavy atom. The summed E-state index contributed by atoms with van der Waals surface area (Å²) in [7, 11) is 0. The molecule has 3 heteroatoms. The molecular formula is C14H22N2O. The van der Waals surface area contributed by atoms with Gasteiger partial charge in [0.05, 0.1) is 0 Å². The first kappa shape index (κ1) is 12.6. The minimum Gasteiger partial charge on any atom is -0.396 e. The van der Waals surface area contributed by atoms with Gasteiger partial charge in [0.1, 0.15) is 0 Å². The second kappa shape index (κ2) is 6.15. The number of aliphatic hydroxyl groups is 1. The number of likely N-dealkylation sites (tertiary alicyclic amines) is 1. The van der Waals surface area contributed by atoms with Crippen LogP contribution in [0, 0.1) is 0 Å². The van der Waals surface area contributed by atoms with Crippen LogP contribution in [0.3, 0.4) is 0 Å². The number of benzene rings is 1. The summed E-state index contributed by atoms with van der Waals surface area (Å²) in [5.74, 6) is 0. The Hall–Kier alpha value is -0.900. The molecule has 3 nitrogen and oxygen atoms in total. The largest absolute Gasteiger partial charge is 0.396 e. The van der Waals surface area contributed by atoms with Crippen LogP contribution in [-0.4, -0.2) is 35.2 Å². The molecule has 1 aromatic rings. The summed E-state index contributed by atoms with van der Waals surface area (Å²) in [4.78, 5) is 2.42. The predicted molar refractivity (Wildman–Crippen MR) is 69.6 cm³/mol. The van der Waals surface area contributed by atoms with Crippen LogP contribution in [0.1, 0.15) is 24.8 Å². The lowest BCUT2D eigenvalue weighted by Crippen LogP contribution is -2.48. The van der Waals surface area contributed by atoms with E-state index in [1.807, 2.05) is 6.07 Å². The summed E-state index contributed by atoms with van der Waals surface area (Å²) >= 11 is 0. The van der Waals surface area contributed by atoms with E-state index in [1.54, 1.807) is 0 Å². The molecule has 1 saturated heterocycles. The zero-order valence-electron chi connectivity index (χ0n) is 10.3. The molecule has 2 atom stereocenters. The van der Waals surface area contributed by atoms with Crippen LogP contribution in [0.5, 0.6) is 0 Å². The molecule has 3 N–H and O–H groups in total. The van der Waals surface area contributed by atoms with Crippen molar-refractivity contribution < 1.29 is 5.11 Å². The molecule has 17 heavy (non-hydrogen) atoms. The number of nitrogens with zero attached hydrogens (tertiary/aromatic N) is 1. The molecule has 0 amide bonds. The van der Waals surface area contributed by atoms with Gasteiger partial charge in [-0.2, -0.15) is 0 Å². The van der Waals surface area contributed by atoms with Crippen LogP contribution in [0.15, 0.2) is 30.3 Å². The van der Waals surface area contributed by atoms with Crippen molar-refractivity contribution in [1.29, 1.82) is 0 Å². The van der Waals surface area contributed by atoms with Crippen molar-refractivity contribution in [3.63, 3.8) is 0 Å². The molecule has 0 saturated carbocycles. The van der Waals surface area contributed by atoms with Crippen molar-refractivity contribution in [3.8, 4) is 0 Å². The second-order valence-electron chi connectivity index (χ2n) is 4.92. The van der Waals surface area contributed by atoms with Crippen molar-refractivity contribution >= 4 is 0 Å². The molecule has 0 spiro atoms. The van der Waals surface area contributed by atoms with E-state index in [1.165, 1.54) is 5.56 Å². The minimum atomic E-state index is 0.269. The Bertz CT molecular complexity index is 328. The fourth-order valence-electron chi connectivity index (χ4n) is 2.62. The minimum absolute atomic E-state index is 0.269. The Balaban J connectivity index is 1.99. The molecule has 0 radical (unpaired) electrons. The summed E-state index contributed by atoms with van der Waals surface area (Å²) in [5, 5.41) is 9.11. The van der Waals surface area contributed by atoms with E-state index in [2.05, 4.69) is 29.2 Å². The highest BCUT2D eigenvalue weighted by Gasteiger charge is 2.25. The number of aliphatic hydroxyl groups excluding tert-OH is 1. The average Bonchev–Trinajstić information content (AvgIpc) is 2.34. The molecule has 2 unspecified atom stereocenters. The highest BCUT2D eigenvalue weighted by Crippen LogP contribution is 2.21. The van der Waals surface area contributed by atoms with Gasteiger partial charge in [0, 0.05) is 31.8 Å². The van der Waals surface area contributed by atoms with Crippen LogP contribution < -0.4 is 5.73 Å². The van der Waals surface area contributed by atoms with Gasteiger partial charge < -0.3 is 10.8 Å². The third-order valence-electron chi connectivity index (χ3n) is 3.55. The van der Waals surface area contributed by atoms with E-state index in [0.717, 1.165) is 32.4 Å². The Morgan fingerprint density at radius 3 is 2.71 bits per heavy atom. The van der Waals surface area contributed by atoms with E-state index in [0.29, 0.717) is 6.04 Å². The van der Waals surface area contributed by atoms with Crippen molar-refractivity contribution in [2.24, 2.45) is 5.73 Å². The molecule has 0 aromatic heterocycles. The zero-order chi connectivity index (χ0) is 12.1. The Morgan fingerprint density at radius 2 is 2.00 bits per heavy atom. The molecule has 0 bridgehead atoms. The summed E-state index contributed by atoms with van der Waals surface area (Å²) in [6.07, 6.45) is 3.05. The maximum Gasteiger partial charge on any atom is 0.0445 e. The molecule has 1 aromatic carbocycles. The van der Waals surface area contributed by atoms with Gasteiger partial charge in [-0.1, -0.05) is 30.3 Å². The molecule has 1 heterocycles. The molecule has 1 aliphatic heterocycles. The number of rotatable bonds is 4. The fourth-order valence-corrected chi connectivity index (χ4v) is 2.62. The SMILES string of the molecule is NC1CCC(CCO)N(Cc2ccccc2)C1. The quantitative estimate of drug-likeness (QED) is 0.827. The van der Waals surface area contributed by atoms with E-state index < -0.39 is 0 Å². The van der Waals surface area contributed by atoms with Crippen LogP contribution in [0.25, 0.3) is 0 Å². The first-order valence-electron chi connectivity index (χ1n) is 6.44. The Kier molecular flexibility index (Phi) is 4.54. The Labute approximate surface area is 103 Å². The molecule has 1 aliphatic rings. The van der Waals surface area contributed by atoms with Gasteiger partial charge in [0.2, 0.25) is 0 Å². The van der Waals surface area contributed by atoms with Gasteiger partial charge in [-0.15, -0.1) is 0 Å². The average molecular weight is 234 g/mol.